The first-order valence-electron chi connectivity index (χ1n) is 0.698. The summed E-state index contributed by atoms with van der Waals surface area (Å²) >= 11 is 0. The summed E-state index contributed by atoms with van der Waals surface area (Å²) < 4.78 is 31.6. The molecule has 6 nitrogen and oxygen atoms in total. The van der Waals surface area contributed by atoms with E-state index in [9.17, 15) is 0 Å². The Morgan fingerprint density at radius 2 is 1.11 bits per heavy atom. The van der Waals surface area contributed by atoms with Crippen LogP contribution in [0.1, 0.15) is 5.71 Å². The normalized spacial score (nSPS) is 6.44. The molecule has 0 aromatic rings. The fourth-order valence-electron chi connectivity index (χ4n) is 0. The van der Waals surface area contributed by atoms with E-state index in [4.69, 9.17) is 17.5 Å². The average molecular weight is 266 g/mol. The molecule has 0 rings (SSSR count). The maximum absolute atomic E-state index is 8.74. The molecular weight excluding hydrogens is 256 g/mol. The van der Waals surface area contributed by atoms with Crippen LogP contribution in [0.3, 0.4) is 0 Å². The van der Waals surface area contributed by atoms with Crippen LogP contribution in [0.4, 0.5) is 0 Å². The minimum absolute atomic E-state index is 0. The van der Waals surface area contributed by atoms with Crippen molar-refractivity contribution in [1.82, 2.24) is 0 Å². The molecule has 0 fully saturated rings. The Morgan fingerprint density at radius 3 is 1.11 bits per heavy atom. The van der Waals surface area contributed by atoms with Crippen LogP contribution in [-0.4, -0.2) is 112 Å². The van der Waals surface area contributed by atoms with Crippen LogP contribution in [0.5, 0.6) is 0 Å². The van der Waals surface area contributed by atoms with Gasteiger partial charge in [0.2, 0.25) is 0 Å². The molecule has 0 bridgehead atoms. The molecule has 0 saturated heterocycles. The summed E-state index contributed by atoms with van der Waals surface area (Å²) in [6, 6.07) is 0. The quantitative estimate of drug-likeness (QED) is 0.366. The number of hydrogen-bond donors (Lipinski definition) is 2. The van der Waals surface area contributed by atoms with E-state index in [-0.39, 0.29) is 99.9 Å². The summed E-state index contributed by atoms with van der Waals surface area (Å²) in [7, 11) is -4.67. The van der Waals surface area contributed by atoms with Gasteiger partial charge in [0.1, 0.15) is 0 Å². The fourth-order valence-corrected chi connectivity index (χ4v) is 0. The molecule has 9 heavy (non-hydrogen) atoms. The predicted molar refractivity (Wildman–Crippen MR) is 37.4 cm³/mol. The van der Waals surface area contributed by atoms with Crippen molar-refractivity contribution >= 4 is 93.6 Å². The van der Waals surface area contributed by atoms with E-state index in [0.717, 1.165) is 0 Å². The van der Waals surface area contributed by atoms with E-state index in [1.165, 1.54) is 0 Å². The first-order chi connectivity index (χ1) is 2.00. The molecule has 6 N–H and O–H groups in total. The van der Waals surface area contributed by atoms with Gasteiger partial charge in [0.05, 0.1) is 0 Å². The molecular formula is H10CaO6SSr. The maximum Gasteiger partial charge on any atom is 2.00 e. The molecule has 0 unspecified atom stereocenters. The molecule has 0 atom stereocenters. The van der Waals surface area contributed by atoms with Crippen molar-refractivity contribution in [3.8, 4) is 0 Å². The Morgan fingerprint density at radius 1 is 1.11 bits per heavy atom. The van der Waals surface area contributed by atoms with Crippen LogP contribution in [0.15, 0.2) is 0 Å². The maximum atomic E-state index is 8.74. The zero-order valence-electron chi connectivity index (χ0n) is 8.53. The zero-order chi connectivity index (χ0) is 4.50. The van der Waals surface area contributed by atoms with Crippen molar-refractivity contribution in [3.05, 3.63) is 0 Å². The summed E-state index contributed by atoms with van der Waals surface area (Å²) in [4.78, 5) is 0. The predicted octanol–water partition coefficient (Wildman–Crippen LogP) is -2.61. The van der Waals surface area contributed by atoms with Crippen LogP contribution < -0.4 is 0 Å². The van der Waals surface area contributed by atoms with E-state index in [1.807, 2.05) is 0 Å². The molecule has 0 aliphatic heterocycles. The van der Waals surface area contributed by atoms with Crippen molar-refractivity contribution in [2.24, 2.45) is 0 Å². The van der Waals surface area contributed by atoms with E-state index >= 15 is 0 Å². The van der Waals surface area contributed by atoms with Gasteiger partial charge in [0, 0.05) is 0 Å². The van der Waals surface area contributed by atoms with Crippen LogP contribution >= 0.6 is 0 Å². The topological polar surface area (TPSA) is 138 Å². The number of rotatable bonds is 0. The van der Waals surface area contributed by atoms with Crippen molar-refractivity contribution in [1.29, 1.82) is 0 Å². The van der Waals surface area contributed by atoms with Gasteiger partial charge in [-0.05, 0) is 0 Å². The van der Waals surface area contributed by atoms with E-state index < -0.39 is 10.4 Å². The van der Waals surface area contributed by atoms with Gasteiger partial charge in [-0.3, -0.25) is 9.11 Å². The van der Waals surface area contributed by atoms with Gasteiger partial charge in [0.15, 0.2) is 0 Å². The van der Waals surface area contributed by atoms with Crippen molar-refractivity contribution in [3.63, 3.8) is 0 Å². The molecule has 0 heterocycles. The summed E-state index contributed by atoms with van der Waals surface area (Å²) in [5.41, 5.74) is 0. The molecule has 0 aromatic heterocycles. The second-order valence-corrected chi connectivity index (χ2v) is 1.34. The van der Waals surface area contributed by atoms with Gasteiger partial charge in [-0.1, -0.05) is 0 Å². The van der Waals surface area contributed by atoms with E-state index in [1.54, 1.807) is 0 Å². The second-order valence-electron chi connectivity index (χ2n) is 0.448. The Hall–Kier alpha value is 2.53. The second kappa shape index (κ2) is 13.1. The van der Waals surface area contributed by atoms with Gasteiger partial charge in [-0.15, -0.1) is 0 Å². The Bertz CT molecular complexity index is 108. The summed E-state index contributed by atoms with van der Waals surface area (Å²) in [6.07, 6.45) is 0. The van der Waals surface area contributed by atoms with E-state index in [2.05, 4.69) is 0 Å². The smallest absolute Gasteiger partial charge is 1.00 e. The van der Waals surface area contributed by atoms with Crippen molar-refractivity contribution in [2.45, 2.75) is 0 Å². The van der Waals surface area contributed by atoms with Gasteiger partial charge < -0.3 is 16.7 Å². The largest absolute Gasteiger partial charge is 2.00 e. The summed E-state index contributed by atoms with van der Waals surface area (Å²) in [5.74, 6) is 0. The van der Waals surface area contributed by atoms with Crippen LogP contribution in [0, 0.1) is 0 Å². The number of hydrogen-bond acceptors (Lipinski definition) is 2. The van der Waals surface area contributed by atoms with Crippen LogP contribution in [0.2, 0.25) is 0 Å². The monoisotopic (exact) mass is 266 g/mol. The average Bonchev–Trinajstić information content (AvgIpc) is 0.722. The first kappa shape index (κ1) is 30.0. The van der Waals surface area contributed by atoms with Gasteiger partial charge >= 0.3 is 93.6 Å². The fraction of sp³-hybridized carbons (Fsp3) is 0. The Kier molecular flexibility index (Phi) is 43.8. The molecule has 0 saturated carbocycles. The van der Waals surface area contributed by atoms with Gasteiger partial charge in [0.25, 0.3) is 0 Å². The minimum Gasteiger partial charge on any atom is -1.00 e. The molecule has 0 aliphatic rings. The van der Waals surface area contributed by atoms with Crippen LogP contribution in [-0.2, 0) is 10.4 Å². The Labute approximate surface area is 125 Å². The Balaban J connectivity index is -0.00000000286. The van der Waals surface area contributed by atoms with Crippen LogP contribution in [0.25, 0.3) is 0 Å². The molecule has 0 spiro atoms. The minimum atomic E-state index is -4.67. The third kappa shape index (κ3) is 120. The SMILES string of the molecule is O.O.O=S(=O)(O)O.[Ca+2].[H-].[H-].[H-].[H-].[Sr+2]. The van der Waals surface area contributed by atoms with E-state index in [0.29, 0.717) is 0 Å². The zero-order valence-corrected chi connectivity index (χ0v) is 11.0. The third-order valence-corrected chi connectivity index (χ3v) is 0. The third-order valence-electron chi connectivity index (χ3n) is 0. The first-order valence-corrected chi connectivity index (χ1v) is 2.10. The summed E-state index contributed by atoms with van der Waals surface area (Å²) in [6.45, 7) is 0. The molecule has 0 aliphatic carbocycles. The molecule has 56 valence electrons. The van der Waals surface area contributed by atoms with Crippen molar-refractivity contribution < 1.29 is 34.2 Å². The molecule has 0 amide bonds. The van der Waals surface area contributed by atoms with Gasteiger partial charge in [-0.25, -0.2) is 0 Å². The van der Waals surface area contributed by atoms with Gasteiger partial charge in [-0.2, -0.15) is 8.42 Å². The van der Waals surface area contributed by atoms with Crippen molar-refractivity contribution in [2.75, 3.05) is 0 Å². The summed E-state index contributed by atoms with van der Waals surface area (Å²) in [5, 5.41) is 0. The standard InChI is InChI=1S/Ca.H2O4S.2H2O.Sr.4H/c;1-5(2,3)4;;;;;;;/h;(H2,1,2,3,4);2*1H2;;;;;/q+2;;;;+2;4*-1. The molecule has 9 heteroatoms. The molecule has 0 radical (unpaired) electrons. The molecule has 0 aromatic carbocycles.